The zero-order chi connectivity index (χ0) is 16.6. The quantitative estimate of drug-likeness (QED) is 0.739. The second kappa shape index (κ2) is 5.78. The lowest BCUT2D eigenvalue weighted by atomic mass is 9.95. The fourth-order valence-corrected chi connectivity index (χ4v) is 3.34. The molecule has 3 aromatic rings. The molecule has 1 fully saturated rings. The molecule has 24 heavy (non-hydrogen) atoms. The first-order chi connectivity index (χ1) is 11.7. The second-order valence-electron chi connectivity index (χ2n) is 6.61. The van der Waals surface area contributed by atoms with E-state index in [0.29, 0.717) is 13.0 Å². The molecule has 1 aliphatic rings. The van der Waals surface area contributed by atoms with E-state index in [1.807, 2.05) is 36.5 Å². The third kappa shape index (κ3) is 2.80. The Labute approximate surface area is 139 Å². The second-order valence-corrected chi connectivity index (χ2v) is 6.61. The van der Waals surface area contributed by atoms with Gasteiger partial charge in [-0.2, -0.15) is 0 Å². The number of amides is 1. The molecule has 0 aliphatic heterocycles. The van der Waals surface area contributed by atoms with E-state index < -0.39 is 0 Å². The van der Waals surface area contributed by atoms with Crippen LogP contribution in [-0.2, 0) is 16.6 Å². The fraction of sp³-hybridized carbons (Fsp3) is 0.250. The Balaban J connectivity index is 1.47. The van der Waals surface area contributed by atoms with Crippen LogP contribution in [-0.4, -0.2) is 17.4 Å². The molecule has 0 radical (unpaired) electrons. The van der Waals surface area contributed by atoms with E-state index >= 15 is 0 Å². The summed E-state index contributed by atoms with van der Waals surface area (Å²) in [6.07, 6.45) is 4.38. The van der Waals surface area contributed by atoms with Gasteiger partial charge >= 0.3 is 0 Å². The molecule has 1 aromatic heterocycles. The zero-order valence-electron chi connectivity index (χ0n) is 13.3. The lowest BCUT2D eigenvalue weighted by Crippen LogP contribution is -2.33. The van der Waals surface area contributed by atoms with Crippen LogP contribution >= 0.6 is 0 Å². The highest BCUT2D eigenvalue weighted by atomic mass is 19.1. The van der Waals surface area contributed by atoms with Gasteiger partial charge in [0.1, 0.15) is 5.82 Å². The number of carbonyl (C=O) groups is 1. The van der Waals surface area contributed by atoms with Crippen molar-refractivity contribution in [3.05, 3.63) is 71.7 Å². The van der Waals surface area contributed by atoms with Gasteiger partial charge in [0, 0.05) is 29.1 Å². The highest BCUT2D eigenvalue weighted by Crippen LogP contribution is 2.50. The molecular weight excluding hydrogens is 303 g/mol. The maximum Gasteiger partial charge on any atom is 0.224 e. The van der Waals surface area contributed by atoms with Crippen molar-refractivity contribution in [2.75, 3.05) is 6.54 Å². The number of fused-ring (bicyclic) bond motifs is 1. The minimum Gasteiger partial charge on any atom is -0.361 e. The number of nitrogens with one attached hydrogen (secondary N) is 2. The van der Waals surface area contributed by atoms with Gasteiger partial charge in [0.2, 0.25) is 5.91 Å². The van der Waals surface area contributed by atoms with Crippen molar-refractivity contribution in [1.29, 1.82) is 0 Å². The third-order valence-electron chi connectivity index (χ3n) is 4.90. The van der Waals surface area contributed by atoms with Crippen LogP contribution < -0.4 is 5.32 Å². The summed E-state index contributed by atoms with van der Waals surface area (Å²) < 4.78 is 13.6. The van der Waals surface area contributed by atoms with E-state index in [1.54, 1.807) is 12.1 Å². The summed E-state index contributed by atoms with van der Waals surface area (Å²) in [4.78, 5) is 15.4. The number of benzene rings is 2. The minimum absolute atomic E-state index is 0.0264. The van der Waals surface area contributed by atoms with Crippen molar-refractivity contribution in [2.24, 2.45) is 0 Å². The molecule has 2 N–H and O–H groups in total. The van der Waals surface area contributed by atoms with Gasteiger partial charge in [-0.25, -0.2) is 4.39 Å². The van der Waals surface area contributed by atoms with Crippen molar-refractivity contribution in [1.82, 2.24) is 10.3 Å². The SMILES string of the molecule is O=C(Cc1ccccc1)NCC1(c2c[nH]c3ccc(F)cc23)CC1. The van der Waals surface area contributed by atoms with E-state index in [2.05, 4.69) is 10.3 Å². The first-order valence-electron chi connectivity index (χ1n) is 8.24. The molecule has 1 heterocycles. The first kappa shape index (κ1) is 14.9. The van der Waals surface area contributed by atoms with Crippen molar-refractivity contribution >= 4 is 16.8 Å². The average Bonchev–Trinajstić information content (AvgIpc) is 3.26. The molecule has 122 valence electrons. The molecule has 4 rings (SSSR count). The van der Waals surface area contributed by atoms with E-state index in [9.17, 15) is 9.18 Å². The number of carbonyl (C=O) groups excluding carboxylic acids is 1. The molecule has 3 nitrogen and oxygen atoms in total. The molecular formula is C20H19FN2O. The average molecular weight is 322 g/mol. The fourth-order valence-electron chi connectivity index (χ4n) is 3.34. The molecule has 1 amide bonds. The standard InChI is InChI=1S/C20H19FN2O/c21-15-6-7-18-16(11-15)17(12-22-18)20(8-9-20)13-23-19(24)10-14-4-2-1-3-5-14/h1-7,11-12,22H,8-10,13H2,(H,23,24). The number of hydrogen-bond acceptors (Lipinski definition) is 1. The number of halogens is 1. The van der Waals surface area contributed by atoms with Gasteiger partial charge < -0.3 is 10.3 Å². The normalized spacial score (nSPS) is 15.4. The molecule has 0 unspecified atom stereocenters. The van der Waals surface area contributed by atoms with Crippen LogP contribution in [0, 0.1) is 5.82 Å². The number of H-pyrrole nitrogens is 1. The van der Waals surface area contributed by atoms with E-state index in [4.69, 9.17) is 0 Å². The lowest BCUT2D eigenvalue weighted by Gasteiger charge is -2.16. The van der Waals surface area contributed by atoms with Gasteiger partial charge in [-0.05, 0) is 42.2 Å². The molecule has 1 aliphatic carbocycles. The summed E-state index contributed by atoms with van der Waals surface area (Å²) >= 11 is 0. The highest BCUT2D eigenvalue weighted by Gasteiger charge is 2.45. The Kier molecular flexibility index (Phi) is 3.60. The molecule has 2 aromatic carbocycles. The third-order valence-corrected chi connectivity index (χ3v) is 4.90. The summed E-state index contributed by atoms with van der Waals surface area (Å²) in [6.45, 7) is 0.599. The summed E-state index contributed by atoms with van der Waals surface area (Å²) in [7, 11) is 0. The van der Waals surface area contributed by atoms with Crippen LogP contribution in [0.5, 0.6) is 0 Å². The Morgan fingerprint density at radius 3 is 2.71 bits per heavy atom. The number of hydrogen-bond donors (Lipinski definition) is 2. The molecule has 4 heteroatoms. The van der Waals surface area contributed by atoms with E-state index in [0.717, 1.165) is 34.9 Å². The van der Waals surface area contributed by atoms with Crippen molar-refractivity contribution in [3.63, 3.8) is 0 Å². The van der Waals surface area contributed by atoms with Crippen LogP contribution in [0.15, 0.2) is 54.7 Å². The smallest absolute Gasteiger partial charge is 0.224 e. The first-order valence-corrected chi connectivity index (χ1v) is 8.24. The maximum atomic E-state index is 13.6. The van der Waals surface area contributed by atoms with Gasteiger partial charge in [-0.3, -0.25) is 4.79 Å². The molecule has 0 saturated heterocycles. The van der Waals surface area contributed by atoms with E-state index in [-0.39, 0.29) is 17.1 Å². The maximum absolute atomic E-state index is 13.6. The van der Waals surface area contributed by atoms with Crippen molar-refractivity contribution < 1.29 is 9.18 Å². The van der Waals surface area contributed by atoms with Crippen LogP contribution in [0.1, 0.15) is 24.0 Å². The molecule has 0 atom stereocenters. The number of aromatic amines is 1. The van der Waals surface area contributed by atoms with Crippen LogP contribution in [0.25, 0.3) is 10.9 Å². The summed E-state index contributed by atoms with van der Waals surface area (Å²) in [6, 6.07) is 14.5. The van der Waals surface area contributed by atoms with Gasteiger partial charge in [-0.1, -0.05) is 30.3 Å². The van der Waals surface area contributed by atoms with Crippen LogP contribution in [0.3, 0.4) is 0 Å². The van der Waals surface area contributed by atoms with Gasteiger partial charge in [0.25, 0.3) is 0 Å². The number of aromatic nitrogens is 1. The monoisotopic (exact) mass is 322 g/mol. The van der Waals surface area contributed by atoms with Gasteiger partial charge in [-0.15, -0.1) is 0 Å². The van der Waals surface area contributed by atoms with Crippen LogP contribution in [0.2, 0.25) is 0 Å². The number of rotatable bonds is 5. The molecule has 0 bridgehead atoms. The Morgan fingerprint density at radius 1 is 1.17 bits per heavy atom. The summed E-state index contributed by atoms with van der Waals surface area (Å²) in [5, 5.41) is 3.98. The topological polar surface area (TPSA) is 44.9 Å². The predicted octanol–water partition coefficient (Wildman–Crippen LogP) is 3.70. The zero-order valence-corrected chi connectivity index (χ0v) is 13.3. The van der Waals surface area contributed by atoms with Gasteiger partial charge in [0.15, 0.2) is 0 Å². The van der Waals surface area contributed by atoms with Gasteiger partial charge in [0.05, 0.1) is 6.42 Å². The Hall–Kier alpha value is -2.62. The molecule has 0 spiro atoms. The highest BCUT2D eigenvalue weighted by molar-refractivity contribution is 5.85. The summed E-state index contributed by atoms with van der Waals surface area (Å²) in [5.41, 5.74) is 3.00. The van der Waals surface area contributed by atoms with Crippen LogP contribution in [0.4, 0.5) is 4.39 Å². The predicted molar refractivity (Wildman–Crippen MR) is 92.3 cm³/mol. The van der Waals surface area contributed by atoms with Crippen molar-refractivity contribution in [2.45, 2.75) is 24.7 Å². The van der Waals surface area contributed by atoms with Crippen molar-refractivity contribution in [3.8, 4) is 0 Å². The van der Waals surface area contributed by atoms with E-state index in [1.165, 1.54) is 6.07 Å². The minimum atomic E-state index is -0.229. The Morgan fingerprint density at radius 2 is 1.96 bits per heavy atom. The lowest BCUT2D eigenvalue weighted by molar-refractivity contribution is -0.120. The molecule has 1 saturated carbocycles. The largest absolute Gasteiger partial charge is 0.361 e. The Bertz CT molecular complexity index is 881. The summed E-state index contributed by atoms with van der Waals surface area (Å²) in [5.74, 6) is -0.203.